The van der Waals surface area contributed by atoms with E-state index in [4.69, 9.17) is 20.0 Å². The number of hydrogen-bond acceptors (Lipinski definition) is 7. The van der Waals surface area contributed by atoms with Gasteiger partial charge in [-0.05, 0) is 30.0 Å². The third-order valence-electron chi connectivity index (χ3n) is 6.46. The zero-order chi connectivity index (χ0) is 32.9. The van der Waals surface area contributed by atoms with Crippen molar-refractivity contribution in [1.29, 1.82) is 5.41 Å². The minimum absolute atomic E-state index is 0.00243. The first-order valence-corrected chi connectivity index (χ1v) is 13.2. The predicted molar refractivity (Wildman–Crippen MR) is 149 cm³/mol. The molecule has 0 saturated heterocycles. The number of aryl methyl sites for hydroxylation is 1. The van der Waals surface area contributed by atoms with Gasteiger partial charge >= 0.3 is 18.1 Å². The van der Waals surface area contributed by atoms with Gasteiger partial charge in [-0.15, -0.1) is 0 Å². The Labute approximate surface area is 246 Å². The number of ketones is 1. The summed E-state index contributed by atoms with van der Waals surface area (Å²) in [5, 5.41) is 24.9. The Balaban J connectivity index is 0.000000821. The van der Waals surface area contributed by atoms with E-state index >= 15 is 0 Å². The number of nitrogens with one attached hydrogen (secondary N) is 1. The number of nitrogens with zero attached hydrogens (tertiary/aromatic N) is 3. The predicted octanol–water partition coefficient (Wildman–Crippen LogP) is 4.04. The third-order valence-corrected chi connectivity index (χ3v) is 6.46. The van der Waals surface area contributed by atoms with Crippen LogP contribution in [0.1, 0.15) is 73.1 Å². The first-order valence-electron chi connectivity index (χ1n) is 13.2. The van der Waals surface area contributed by atoms with Crippen molar-refractivity contribution in [2.24, 2.45) is 0 Å². The fourth-order valence-corrected chi connectivity index (χ4v) is 4.09. The lowest BCUT2D eigenvalue weighted by atomic mass is 9.83. The lowest BCUT2D eigenvalue weighted by Crippen LogP contribution is -2.31. The van der Waals surface area contributed by atoms with E-state index in [1.165, 1.54) is 11.8 Å². The summed E-state index contributed by atoms with van der Waals surface area (Å²) in [4.78, 5) is 53.3. The number of halogens is 3. The van der Waals surface area contributed by atoms with Crippen molar-refractivity contribution in [2.45, 2.75) is 65.7 Å². The van der Waals surface area contributed by atoms with Gasteiger partial charge in [0.05, 0.1) is 6.54 Å². The third kappa shape index (κ3) is 9.25. The lowest BCUT2D eigenvalue weighted by Gasteiger charge is -2.27. The summed E-state index contributed by atoms with van der Waals surface area (Å²) in [5.74, 6) is -3.64. The van der Waals surface area contributed by atoms with Crippen molar-refractivity contribution in [3.8, 4) is 5.75 Å². The second-order valence-electron chi connectivity index (χ2n) is 10.9. The van der Waals surface area contributed by atoms with E-state index in [-0.39, 0.29) is 30.6 Å². The smallest absolute Gasteiger partial charge is 0.481 e. The van der Waals surface area contributed by atoms with Crippen LogP contribution in [0.3, 0.4) is 0 Å². The molecule has 0 spiro atoms. The van der Waals surface area contributed by atoms with Gasteiger partial charge in [0, 0.05) is 55.0 Å². The Bertz CT molecular complexity index is 1420. The number of alkyl halides is 3. The molecule has 0 fully saturated rings. The van der Waals surface area contributed by atoms with Gasteiger partial charge in [-0.2, -0.15) is 13.2 Å². The Morgan fingerprint density at radius 2 is 1.72 bits per heavy atom. The van der Waals surface area contributed by atoms with Crippen LogP contribution in [0.2, 0.25) is 0 Å². The number of carboxylic acids is 2. The zero-order valence-electron chi connectivity index (χ0n) is 24.8. The molecule has 0 aliphatic carbocycles. The van der Waals surface area contributed by atoms with Crippen LogP contribution in [0.5, 0.6) is 5.75 Å². The standard InChI is InChI=1S/C27H34N4O5.C2HF3O2/c1-7-20-9-8-17-13-31(26(28)24(17)29-20)14-22(33)18-10-19(12-30(6)16(2)32)25(36-15-23(34)35)21(11-18)27(3,4)5;3-2(4,5)1(6)7/h8-11,28H,7,12-15H2,1-6H3,(H,34,35);(H,6,7). The van der Waals surface area contributed by atoms with Crippen LogP contribution in [0.25, 0.3) is 0 Å². The van der Waals surface area contributed by atoms with Gasteiger partial charge in [0.15, 0.2) is 12.4 Å². The van der Waals surface area contributed by atoms with Crippen LogP contribution in [0, 0.1) is 5.41 Å². The minimum Gasteiger partial charge on any atom is -0.481 e. The van der Waals surface area contributed by atoms with Crippen LogP contribution in [-0.4, -0.2) is 80.8 Å². The van der Waals surface area contributed by atoms with E-state index in [9.17, 15) is 32.7 Å². The number of fused-ring (bicyclic) bond motifs is 1. The highest BCUT2D eigenvalue weighted by atomic mass is 19.4. The summed E-state index contributed by atoms with van der Waals surface area (Å²) in [5.41, 5.74) is 3.61. The summed E-state index contributed by atoms with van der Waals surface area (Å²) >= 11 is 0. The molecule has 14 heteroatoms. The number of aromatic nitrogens is 1. The number of carboxylic acid groups (broad SMARTS) is 2. The number of benzene rings is 1. The van der Waals surface area contributed by atoms with E-state index in [0.717, 1.165) is 17.7 Å². The first-order chi connectivity index (χ1) is 19.8. The second kappa shape index (κ2) is 13.7. The van der Waals surface area contributed by atoms with Crippen molar-refractivity contribution in [3.63, 3.8) is 0 Å². The van der Waals surface area contributed by atoms with Crippen molar-refractivity contribution >= 4 is 29.5 Å². The topological polar surface area (TPSA) is 161 Å². The highest BCUT2D eigenvalue weighted by Crippen LogP contribution is 2.36. The van der Waals surface area contributed by atoms with Crippen LogP contribution in [0.4, 0.5) is 13.2 Å². The number of aliphatic carboxylic acids is 2. The minimum atomic E-state index is -5.08. The molecule has 0 bridgehead atoms. The van der Waals surface area contributed by atoms with E-state index < -0.39 is 30.1 Å². The van der Waals surface area contributed by atoms with Gasteiger partial charge in [-0.1, -0.05) is 33.8 Å². The van der Waals surface area contributed by atoms with E-state index in [2.05, 4.69) is 4.98 Å². The molecule has 1 aromatic carbocycles. The number of carbonyl (C=O) groups is 4. The molecule has 3 rings (SSSR count). The lowest BCUT2D eigenvalue weighted by molar-refractivity contribution is -0.192. The van der Waals surface area contributed by atoms with E-state index in [1.54, 1.807) is 24.1 Å². The molecular formula is C29H35F3N4O7. The average molecular weight is 609 g/mol. The maximum atomic E-state index is 13.5. The number of carbonyl (C=O) groups excluding carboxylic acids is 2. The highest BCUT2D eigenvalue weighted by molar-refractivity contribution is 6.04. The number of Topliss-reactive ketones (excluding diaryl/α,β-unsaturated/α-hetero) is 1. The molecule has 1 aliphatic heterocycles. The number of pyridine rings is 1. The van der Waals surface area contributed by atoms with Crippen LogP contribution in [0.15, 0.2) is 24.3 Å². The summed E-state index contributed by atoms with van der Waals surface area (Å²) in [6.45, 7) is 9.34. The van der Waals surface area contributed by atoms with Crippen molar-refractivity contribution in [2.75, 3.05) is 20.2 Å². The fourth-order valence-electron chi connectivity index (χ4n) is 4.09. The Morgan fingerprint density at radius 3 is 2.21 bits per heavy atom. The number of amides is 1. The van der Waals surface area contributed by atoms with Crippen molar-refractivity contribution < 1.29 is 47.3 Å². The normalized spacial score (nSPS) is 12.7. The van der Waals surface area contributed by atoms with Gasteiger partial charge in [-0.25, -0.2) is 14.6 Å². The Kier molecular flexibility index (Phi) is 11.0. The second-order valence-corrected chi connectivity index (χ2v) is 10.9. The molecule has 0 unspecified atom stereocenters. The highest BCUT2D eigenvalue weighted by Gasteiger charge is 2.38. The van der Waals surface area contributed by atoms with Crippen molar-refractivity contribution in [1.82, 2.24) is 14.8 Å². The summed E-state index contributed by atoms with van der Waals surface area (Å²) in [6, 6.07) is 7.30. The molecule has 43 heavy (non-hydrogen) atoms. The van der Waals surface area contributed by atoms with Gasteiger partial charge in [-0.3, -0.25) is 15.0 Å². The largest absolute Gasteiger partial charge is 0.490 e. The average Bonchev–Trinajstić information content (AvgIpc) is 3.20. The van der Waals surface area contributed by atoms with Crippen LogP contribution >= 0.6 is 0 Å². The van der Waals surface area contributed by atoms with Gasteiger partial charge in [0.2, 0.25) is 5.91 Å². The van der Waals surface area contributed by atoms with Gasteiger partial charge in [0.1, 0.15) is 17.3 Å². The molecule has 1 amide bonds. The quantitative estimate of drug-likeness (QED) is 0.357. The Hall–Kier alpha value is -4.49. The zero-order valence-corrected chi connectivity index (χ0v) is 24.8. The number of ether oxygens (including phenoxy) is 1. The summed E-state index contributed by atoms with van der Waals surface area (Å²) in [7, 11) is 1.63. The fraction of sp³-hybridized carbons (Fsp3) is 0.448. The van der Waals surface area contributed by atoms with Crippen LogP contribution in [-0.2, 0) is 39.3 Å². The SMILES string of the molecule is CCc1ccc2c(n1)C(=N)N(CC(=O)c1cc(CN(C)C(C)=O)c(OCC(=O)O)c(C(C)(C)C)c1)C2.O=C(O)C(F)(F)F. The molecule has 1 aromatic heterocycles. The molecule has 3 N–H and O–H groups in total. The van der Waals surface area contributed by atoms with E-state index in [0.29, 0.717) is 34.7 Å². The molecule has 0 saturated carbocycles. The van der Waals surface area contributed by atoms with Gasteiger partial charge < -0.3 is 24.7 Å². The molecule has 234 valence electrons. The molecule has 0 radical (unpaired) electrons. The maximum Gasteiger partial charge on any atom is 0.490 e. The number of hydrogen-bond donors (Lipinski definition) is 3. The van der Waals surface area contributed by atoms with Gasteiger partial charge in [0.25, 0.3) is 0 Å². The van der Waals surface area contributed by atoms with Crippen LogP contribution < -0.4 is 4.74 Å². The summed E-state index contributed by atoms with van der Waals surface area (Å²) in [6.07, 6.45) is -4.32. The number of amidine groups is 1. The molecule has 2 aromatic rings. The number of rotatable bonds is 9. The van der Waals surface area contributed by atoms with Crippen molar-refractivity contribution in [3.05, 3.63) is 57.9 Å². The molecule has 1 aliphatic rings. The summed E-state index contributed by atoms with van der Waals surface area (Å²) < 4.78 is 37.4. The van der Waals surface area contributed by atoms with E-state index in [1.807, 2.05) is 39.8 Å². The molecular weight excluding hydrogens is 573 g/mol. The Morgan fingerprint density at radius 1 is 1.12 bits per heavy atom. The maximum absolute atomic E-state index is 13.5. The first kappa shape index (κ1) is 34.7. The molecule has 2 heterocycles. The molecule has 0 atom stereocenters. The molecule has 11 nitrogen and oxygen atoms in total. The monoisotopic (exact) mass is 608 g/mol.